The summed E-state index contributed by atoms with van der Waals surface area (Å²) >= 11 is 0. The molecular formula is C12H11F2N3O2. The van der Waals surface area contributed by atoms with Gasteiger partial charge in [-0.2, -0.15) is 0 Å². The molecule has 0 aliphatic carbocycles. The fourth-order valence-electron chi connectivity index (χ4n) is 1.50. The molecule has 0 saturated carbocycles. The third-order valence-electron chi connectivity index (χ3n) is 2.69. The van der Waals surface area contributed by atoms with E-state index in [0.717, 1.165) is 12.1 Å². The average Bonchev–Trinajstić information content (AvgIpc) is 2.69. The molecule has 0 radical (unpaired) electrons. The lowest BCUT2D eigenvalue weighted by Gasteiger charge is -2.08. The minimum atomic E-state index is -0.930. The van der Waals surface area contributed by atoms with Crippen molar-refractivity contribution < 1.29 is 18.3 Å². The van der Waals surface area contributed by atoms with Gasteiger partial charge in [0.25, 0.3) is 0 Å². The Hall–Kier alpha value is -2.31. The topological polar surface area (TPSA) is 57.0 Å². The van der Waals surface area contributed by atoms with Crippen molar-refractivity contribution >= 4 is 6.29 Å². The molecule has 1 heterocycles. The van der Waals surface area contributed by atoms with Crippen LogP contribution in [0.3, 0.4) is 0 Å². The number of hydrogen-bond acceptors (Lipinski definition) is 4. The number of carbonyl (C=O) groups excluding carboxylic acids is 1. The molecule has 7 heteroatoms. The van der Waals surface area contributed by atoms with E-state index in [2.05, 4.69) is 10.2 Å². The zero-order chi connectivity index (χ0) is 14.0. The Labute approximate surface area is 107 Å². The van der Waals surface area contributed by atoms with Crippen molar-refractivity contribution in [1.29, 1.82) is 0 Å². The van der Waals surface area contributed by atoms with Crippen molar-refractivity contribution in [2.24, 2.45) is 7.05 Å². The maximum Gasteiger partial charge on any atom is 0.191 e. The highest BCUT2D eigenvalue weighted by atomic mass is 19.1. The highest BCUT2D eigenvalue weighted by Crippen LogP contribution is 2.23. The summed E-state index contributed by atoms with van der Waals surface area (Å²) in [6.07, 6.45) is 0.363. The Morgan fingerprint density at radius 2 is 1.95 bits per heavy atom. The molecule has 1 aromatic heterocycles. The number of benzene rings is 1. The lowest BCUT2D eigenvalue weighted by Crippen LogP contribution is -2.06. The van der Waals surface area contributed by atoms with Gasteiger partial charge >= 0.3 is 0 Å². The second kappa shape index (κ2) is 5.13. The molecule has 1 aromatic carbocycles. The molecule has 100 valence electrons. The second-order valence-corrected chi connectivity index (χ2v) is 3.94. The van der Waals surface area contributed by atoms with Crippen LogP contribution in [0.4, 0.5) is 8.78 Å². The first kappa shape index (κ1) is 13.1. The van der Waals surface area contributed by atoms with Crippen molar-refractivity contribution in [2.75, 3.05) is 0 Å². The van der Waals surface area contributed by atoms with Crippen LogP contribution in [0.25, 0.3) is 0 Å². The van der Waals surface area contributed by atoms with E-state index in [0.29, 0.717) is 17.9 Å². The predicted octanol–water partition coefficient (Wildman–Crippen LogP) is 1.79. The Bertz CT molecular complexity index is 602. The number of aromatic nitrogens is 3. The summed E-state index contributed by atoms with van der Waals surface area (Å²) in [6, 6.07) is 1.82. The van der Waals surface area contributed by atoms with Gasteiger partial charge in [-0.05, 0) is 19.1 Å². The first-order valence-corrected chi connectivity index (χ1v) is 5.45. The predicted molar refractivity (Wildman–Crippen MR) is 61.8 cm³/mol. The van der Waals surface area contributed by atoms with Crippen LogP contribution in [0.5, 0.6) is 5.75 Å². The van der Waals surface area contributed by atoms with E-state index in [1.165, 1.54) is 0 Å². The van der Waals surface area contributed by atoms with Gasteiger partial charge in [0.2, 0.25) is 0 Å². The summed E-state index contributed by atoms with van der Waals surface area (Å²) < 4.78 is 33.8. The second-order valence-electron chi connectivity index (χ2n) is 3.94. The first-order chi connectivity index (χ1) is 9.02. The lowest BCUT2D eigenvalue weighted by atomic mass is 10.2. The van der Waals surface area contributed by atoms with Crippen LogP contribution in [-0.4, -0.2) is 21.1 Å². The number of nitrogens with zero attached hydrogens (tertiary/aromatic N) is 3. The molecular weight excluding hydrogens is 256 g/mol. The quantitative estimate of drug-likeness (QED) is 0.792. The van der Waals surface area contributed by atoms with Crippen LogP contribution < -0.4 is 4.74 Å². The molecule has 2 rings (SSSR count). The van der Waals surface area contributed by atoms with E-state index in [1.807, 2.05) is 0 Å². The monoisotopic (exact) mass is 267 g/mol. The Kier molecular flexibility index (Phi) is 3.55. The minimum absolute atomic E-state index is 0.0862. The summed E-state index contributed by atoms with van der Waals surface area (Å²) in [4.78, 5) is 10.5. The molecule has 0 amide bonds. The van der Waals surface area contributed by atoms with E-state index in [1.54, 1.807) is 18.5 Å². The fourth-order valence-corrected chi connectivity index (χ4v) is 1.50. The van der Waals surface area contributed by atoms with Gasteiger partial charge in [0.05, 0.1) is 0 Å². The van der Waals surface area contributed by atoms with E-state index in [4.69, 9.17) is 4.74 Å². The van der Waals surface area contributed by atoms with Crippen LogP contribution in [0.15, 0.2) is 12.1 Å². The van der Waals surface area contributed by atoms with Crippen molar-refractivity contribution in [3.05, 3.63) is 41.0 Å². The number of aldehydes is 1. The number of rotatable bonds is 4. The van der Waals surface area contributed by atoms with Crippen LogP contribution in [0.2, 0.25) is 0 Å². The van der Waals surface area contributed by atoms with Crippen molar-refractivity contribution in [1.82, 2.24) is 14.8 Å². The minimum Gasteiger partial charge on any atom is -0.479 e. The SMILES string of the molecule is Cc1nnc(COc2c(F)cc(C=O)cc2F)n1C. The third-order valence-corrected chi connectivity index (χ3v) is 2.69. The van der Waals surface area contributed by atoms with Crippen LogP contribution in [-0.2, 0) is 13.7 Å². The summed E-state index contributed by atoms with van der Waals surface area (Å²) in [6.45, 7) is 1.63. The molecule has 0 aliphatic heterocycles. The van der Waals surface area contributed by atoms with Crippen molar-refractivity contribution in [3.63, 3.8) is 0 Å². The van der Waals surface area contributed by atoms with E-state index < -0.39 is 17.4 Å². The summed E-state index contributed by atoms with van der Waals surface area (Å²) in [7, 11) is 1.72. The Balaban J connectivity index is 2.20. The van der Waals surface area contributed by atoms with Gasteiger partial charge in [-0.25, -0.2) is 8.78 Å². The molecule has 19 heavy (non-hydrogen) atoms. The molecule has 0 unspecified atom stereocenters. The third kappa shape index (κ3) is 2.59. The fraction of sp³-hybridized carbons (Fsp3) is 0.250. The smallest absolute Gasteiger partial charge is 0.191 e. The average molecular weight is 267 g/mol. The first-order valence-electron chi connectivity index (χ1n) is 5.45. The van der Waals surface area contributed by atoms with Crippen molar-refractivity contribution in [3.8, 4) is 5.75 Å². The highest BCUT2D eigenvalue weighted by Gasteiger charge is 2.14. The summed E-state index contributed by atoms with van der Waals surface area (Å²) in [5, 5.41) is 7.61. The van der Waals surface area contributed by atoms with Crippen molar-refractivity contribution in [2.45, 2.75) is 13.5 Å². The van der Waals surface area contributed by atoms with Gasteiger partial charge in [-0.1, -0.05) is 0 Å². The molecule has 0 fully saturated rings. The maximum atomic E-state index is 13.5. The van der Waals surface area contributed by atoms with Gasteiger partial charge in [-0.15, -0.1) is 10.2 Å². The highest BCUT2D eigenvalue weighted by molar-refractivity contribution is 5.75. The van der Waals surface area contributed by atoms with Gasteiger partial charge in [-0.3, -0.25) is 4.79 Å². The molecule has 5 nitrogen and oxygen atoms in total. The van der Waals surface area contributed by atoms with Crippen LogP contribution in [0.1, 0.15) is 22.0 Å². The Morgan fingerprint density at radius 1 is 1.32 bits per heavy atom. The number of hydrogen-bond donors (Lipinski definition) is 0. The van der Waals surface area contributed by atoms with Crippen LogP contribution >= 0.6 is 0 Å². The molecule has 0 aliphatic rings. The number of halogens is 2. The molecule has 2 aromatic rings. The van der Waals surface area contributed by atoms with E-state index in [-0.39, 0.29) is 12.2 Å². The zero-order valence-electron chi connectivity index (χ0n) is 10.4. The molecule has 0 bridgehead atoms. The van der Waals surface area contributed by atoms with E-state index >= 15 is 0 Å². The lowest BCUT2D eigenvalue weighted by molar-refractivity contribution is 0.112. The van der Waals surface area contributed by atoms with Crippen LogP contribution in [0, 0.1) is 18.6 Å². The molecule has 0 atom stereocenters. The normalized spacial score (nSPS) is 10.5. The number of aryl methyl sites for hydroxylation is 1. The molecule has 0 saturated heterocycles. The molecule has 0 N–H and O–H groups in total. The number of ether oxygens (including phenoxy) is 1. The standard InChI is InChI=1S/C12H11F2N3O2/c1-7-15-16-11(17(7)2)6-19-12-9(13)3-8(5-18)4-10(12)14/h3-5H,6H2,1-2H3. The Morgan fingerprint density at radius 3 is 2.42 bits per heavy atom. The van der Waals surface area contributed by atoms with Gasteiger partial charge in [0.1, 0.15) is 18.7 Å². The summed E-state index contributed by atoms with van der Waals surface area (Å²) in [5.74, 6) is -1.29. The largest absolute Gasteiger partial charge is 0.479 e. The van der Waals surface area contributed by atoms with Gasteiger partial charge in [0.15, 0.2) is 23.2 Å². The zero-order valence-corrected chi connectivity index (χ0v) is 10.4. The maximum absolute atomic E-state index is 13.5. The number of carbonyl (C=O) groups is 1. The molecule has 0 spiro atoms. The van der Waals surface area contributed by atoms with Gasteiger partial charge < -0.3 is 9.30 Å². The van der Waals surface area contributed by atoms with E-state index in [9.17, 15) is 13.6 Å². The summed E-state index contributed by atoms with van der Waals surface area (Å²) in [5.41, 5.74) is -0.0862. The van der Waals surface area contributed by atoms with Gasteiger partial charge in [0, 0.05) is 12.6 Å².